The number of anilines is 2. The normalized spacial score (nSPS) is 20.5. The summed E-state index contributed by atoms with van der Waals surface area (Å²) in [6.45, 7) is 6.49. The van der Waals surface area contributed by atoms with Gasteiger partial charge in [-0.25, -0.2) is 0 Å². The van der Waals surface area contributed by atoms with E-state index in [1.807, 2.05) is 12.4 Å². The fourth-order valence-electron chi connectivity index (χ4n) is 2.29. The molecule has 1 aliphatic rings. The van der Waals surface area contributed by atoms with E-state index in [-0.39, 0.29) is 0 Å². The van der Waals surface area contributed by atoms with Crippen molar-refractivity contribution in [2.45, 2.75) is 13.3 Å². The zero-order valence-corrected chi connectivity index (χ0v) is 10.7. The van der Waals surface area contributed by atoms with Gasteiger partial charge in [-0.2, -0.15) is 0 Å². The summed E-state index contributed by atoms with van der Waals surface area (Å²) in [5, 5.41) is 6.75. The molecule has 94 valence electrons. The fourth-order valence-corrected chi connectivity index (χ4v) is 2.29. The van der Waals surface area contributed by atoms with E-state index in [2.05, 4.69) is 40.6 Å². The first-order valence-electron chi connectivity index (χ1n) is 6.39. The second kappa shape index (κ2) is 5.87. The van der Waals surface area contributed by atoms with Crippen LogP contribution in [0.2, 0.25) is 0 Å². The van der Waals surface area contributed by atoms with E-state index in [9.17, 15) is 0 Å². The molecule has 2 rings (SSSR count). The molecule has 0 radical (unpaired) electrons. The Kier molecular flexibility index (Phi) is 4.20. The third-order valence-corrected chi connectivity index (χ3v) is 3.20. The highest BCUT2D eigenvalue weighted by molar-refractivity contribution is 5.53. The maximum absolute atomic E-state index is 4.23. The SMILES string of the molecule is CCNc1cncc(NCC2CCN(C)C2)c1. The Bertz CT molecular complexity index is 353. The van der Waals surface area contributed by atoms with Crippen LogP contribution < -0.4 is 10.6 Å². The molecule has 4 heteroatoms. The lowest BCUT2D eigenvalue weighted by atomic mass is 10.1. The molecule has 0 amide bonds. The van der Waals surface area contributed by atoms with Gasteiger partial charge in [-0.3, -0.25) is 4.98 Å². The summed E-state index contributed by atoms with van der Waals surface area (Å²) in [5.41, 5.74) is 2.19. The van der Waals surface area contributed by atoms with Crippen molar-refractivity contribution in [1.82, 2.24) is 9.88 Å². The van der Waals surface area contributed by atoms with Crippen molar-refractivity contribution in [3.63, 3.8) is 0 Å². The van der Waals surface area contributed by atoms with E-state index >= 15 is 0 Å². The highest BCUT2D eigenvalue weighted by atomic mass is 15.1. The summed E-state index contributed by atoms with van der Waals surface area (Å²) in [6.07, 6.45) is 5.04. The maximum Gasteiger partial charge on any atom is 0.0547 e. The van der Waals surface area contributed by atoms with Crippen LogP contribution in [0.5, 0.6) is 0 Å². The van der Waals surface area contributed by atoms with Crippen molar-refractivity contribution >= 4 is 11.4 Å². The summed E-state index contributed by atoms with van der Waals surface area (Å²) in [4.78, 5) is 6.62. The standard InChI is InChI=1S/C13H22N4/c1-3-15-12-6-13(9-14-8-12)16-7-11-4-5-17(2)10-11/h6,8-9,11,15-16H,3-5,7,10H2,1-2H3. The maximum atomic E-state index is 4.23. The second-order valence-electron chi connectivity index (χ2n) is 4.79. The number of nitrogens with one attached hydrogen (secondary N) is 2. The number of likely N-dealkylation sites (tertiary alicyclic amines) is 1. The van der Waals surface area contributed by atoms with Gasteiger partial charge in [0.1, 0.15) is 0 Å². The van der Waals surface area contributed by atoms with Gasteiger partial charge >= 0.3 is 0 Å². The van der Waals surface area contributed by atoms with Gasteiger partial charge < -0.3 is 15.5 Å². The molecule has 0 aliphatic carbocycles. The molecule has 2 heterocycles. The second-order valence-corrected chi connectivity index (χ2v) is 4.79. The van der Waals surface area contributed by atoms with Crippen LogP contribution >= 0.6 is 0 Å². The third kappa shape index (κ3) is 3.60. The lowest BCUT2D eigenvalue weighted by molar-refractivity contribution is 0.399. The topological polar surface area (TPSA) is 40.2 Å². The minimum Gasteiger partial charge on any atom is -0.384 e. The highest BCUT2D eigenvalue weighted by Crippen LogP contribution is 2.17. The van der Waals surface area contributed by atoms with Crippen LogP contribution in [0.1, 0.15) is 13.3 Å². The van der Waals surface area contributed by atoms with Crippen LogP contribution in [0.25, 0.3) is 0 Å². The molecule has 1 saturated heterocycles. The lowest BCUT2D eigenvalue weighted by Gasteiger charge is -2.13. The van der Waals surface area contributed by atoms with Crippen LogP contribution in [0.3, 0.4) is 0 Å². The molecule has 17 heavy (non-hydrogen) atoms. The van der Waals surface area contributed by atoms with Gasteiger partial charge in [-0.1, -0.05) is 0 Å². The van der Waals surface area contributed by atoms with Crippen LogP contribution in [0.4, 0.5) is 11.4 Å². The van der Waals surface area contributed by atoms with Crippen molar-refractivity contribution < 1.29 is 0 Å². The largest absolute Gasteiger partial charge is 0.384 e. The molecular formula is C13H22N4. The minimum absolute atomic E-state index is 0.766. The van der Waals surface area contributed by atoms with E-state index in [1.54, 1.807) is 0 Å². The van der Waals surface area contributed by atoms with Gasteiger partial charge in [0, 0.05) is 19.6 Å². The zero-order valence-electron chi connectivity index (χ0n) is 10.7. The molecule has 0 bridgehead atoms. The van der Waals surface area contributed by atoms with Gasteiger partial charge in [0.05, 0.1) is 23.8 Å². The molecule has 0 spiro atoms. The first-order chi connectivity index (χ1) is 8.28. The van der Waals surface area contributed by atoms with Crippen LogP contribution in [-0.4, -0.2) is 43.1 Å². The van der Waals surface area contributed by atoms with Crippen LogP contribution in [-0.2, 0) is 0 Å². The van der Waals surface area contributed by atoms with E-state index in [0.29, 0.717) is 0 Å². The van der Waals surface area contributed by atoms with E-state index < -0.39 is 0 Å². The molecule has 0 saturated carbocycles. The summed E-state index contributed by atoms with van der Waals surface area (Å²) >= 11 is 0. The predicted molar refractivity (Wildman–Crippen MR) is 72.5 cm³/mol. The van der Waals surface area contributed by atoms with E-state index in [1.165, 1.54) is 19.5 Å². The molecule has 1 unspecified atom stereocenters. The number of hydrogen-bond acceptors (Lipinski definition) is 4. The molecule has 1 aromatic heterocycles. The van der Waals surface area contributed by atoms with Gasteiger partial charge in [0.15, 0.2) is 0 Å². The first kappa shape index (κ1) is 12.2. The Labute approximate surface area is 103 Å². The fraction of sp³-hybridized carbons (Fsp3) is 0.615. The molecule has 1 aromatic rings. The highest BCUT2D eigenvalue weighted by Gasteiger charge is 2.18. The van der Waals surface area contributed by atoms with Crippen molar-refractivity contribution in [3.05, 3.63) is 18.5 Å². The van der Waals surface area contributed by atoms with Crippen molar-refractivity contribution in [2.24, 2.45) is 5.92 Å². The summed E-state index contributed by atoms with van der Waals surface area (Å²) in [6, 6.07) is 2.12. The van der Waals surface area contributed by atoms with Gasteiger partial charge in [0.25, 0.3) is 0 Å². The monoisotopic (exact) mass is 234 g/mol. The number of aromatic nitrogens is 1. The molecule has 0 aromatic carbocycles. The molecule has 1 fully saturated rings. The molecule has 1 atom stereocenters. The van der Waals surface area contributed by atoms with E-state index in [4.69, 9.17) is 0 Å². The summed E-state index contributed by atoms with van der Waals surface area (Å²) in [5.74, 6) is 0.766. The van der Waals surface area contributed by atoms with Gasteiger partial charge in [-0.05, 0) is 38.9 Å². The number of nitrogens with zero attached hydrogens (tertiary/aromatic N) is 2. The predicted octanol–water partition coefficient (Wildman–Crippen LogP) is 1.88. The third-order valence-electron chi connectivity index (χ3n) is 3.20. The number of rotatable bonds is 5. The smallest absolute Gasteiger partial charge is 0.0547 e. The number of pyridine rings is 1. The van der Waals surface area contributed by atoms with Crippen molar-refractivity contribution in [3.8, 4) is 0 Å². The Morgan fingerprint density at radius 1 is 1.35 bits per heavy atom. The van der Waals surface area contributed by atoms with Gasteiger partial charge in [0.2, 0.25) is 0 Å². The lowest BCUT2D eigenvalue weighted by Crippen LogP contribution is -2.19. The van der Waals surface area contributed by atoms with Gasteiger partial charge in [-0.15, -0.1) is 0 Å². The Balaban J connectivity index is 1.83. The molecular weight excluding hydrogens is 212 g/mol. The first-order valence-corrected chi connectivity index (χ1v) is 6.39. The van der Waals surface area contributed by atoms with Crippen LogP contribution in [0.15, 0.2) is 18.5 Å². The minimum atomic E-state index is 0.766. The van der Waals surface area contributed by atoms with E-state index in [0.717, 1.165) is 30.4 Å². The Hall–Kier alpha value is -1.29. The average molecular weight is 234 g/mol. The summed E-state index contributed by atoms with van der Waals surface area (Å²) < 4.78 is 0. The zero-order chi connectivity index (χ0) is 12.1. The molecule has 4 nitrogen and oxygen atoms in total. The number of hydrogen-bond donors (Lipinski definition) is 2. The Morgan fingerprint density at radius 3 is 2.76 bits per heavy atom. The molecule has 2 N–H and O–H groups in total. The summed E-state index contributed by atoms with van der Waals surface area (Å²) in [7, 11) is 2.19. The van der Waals surface area contributed by atoms with Crippen molar-refractivity contribution in [2.75, 3.05) is 43.9 Å². The molecule has 1 aliphatic heterocycles. The van der Waals surface area contributed by atoms with Crippen molar-refractivity contribution in [1.29, 1.82) is 0 Å². The quantitative estimate of drug-likeness (QED) is 0.816. The Morgan fingerprint density at radius 2 is 2.12 bits per heavy atom. The average Bonchev–Trinajstić information content (AvgIpc) is 2.74. The van der Waals surface area contributed by atoms with Crippen LogP contribution in [0, 0.1) is 5.92 Å².